The number of aryl methyl sites for hydroxylation is 1. The first-order valence-corrected chi connectivity index (χ1v) is 12.4. The van der Waals surface area contributed by atoms with E-state index < -0.39 is 24.6 Å². The molecule has 1 aliphatic carbocycles. The van der Waals surface area contributed by atoms with E-state index in [-0.39, 0.29) is 18.2 Å². The molecule has 0 unspecified atom stereocenters. The Labute approximate surface area is 211 Å². The van der Waals surface area contributed by atoms with Crippen LogP contribution in [0.3, 0.4) is 0 Å². The molecule has 0 saturated carbocycles. The van der Waals surface area contributed by atoms with E-state index in [0.29, 0.717) is 0 Å². The summed E-state index contributed by atoms with van der Waals surface area (Å²) in [5.41, 5.74) is 7.96. The Morgan fingerprint density at radius 3 is 2.50 bits per heavy atom. The van der Waals surface area contributed by atoms with E-state index in [4.69, 9.17) is 10.1 Å². The van der Waals surface area contributed by atoms with Crippen LogP contribution in [0.2, 0.25) is 0 Å². The van der Waals surface area contributed by atoms with Gasteiger partial charge in [0.2, 0.25) is 0 Å². The minimum absolute atomic E-state index is 0.0688. The van der Waals surface area contributed by atoms with Crippen LogP contribution in [0.5, 0.6) is 0 Å². The largest absolute Gasteiger partial charge is 0.481 e. The summed E-state index contributed by atoms with van der Waals surface area (Å²) in [6.45, 7) is 4.13. The van der Waals surface area contributed by atoms with Crippen molar-refractivity contribution in [3.8, 4) is 22.4 Å². The number of carbonyl (C=O) groups is 1. The zero-order valence-corrected chi connectivity index (χ0v) is 20.6. The summed E-state index contributed by atoms with van der Waals surface area (Å²) in [5, 5.41) is 29.4. The van der Waals surface area contributed by atoms with Crippen molar-refractivity contribution in [2.75, 3.05) is 0 Å². The fraction of sp³-hybridized carbons (Fsp3) is 0.333. The van der Waals surface area contributed by atoms with E-state index in [1.165, 1.54) is 17.7 Å². The number of aliphatic hydroxyl groups is 2. The Hall–Kier alpha value is -3.35. The van der Waals surface area contributed by atoms with Gasteiger partial charge in [-0.1, -0.05) is 62.4 Å². The summed E-state index contributed by atoms with van der Waals surface area (Å²) in [6, 6.07) is 14.8. The van der Waals surface area contributed by atoms with Crippen LogP contribution in [0.4, 0.5) is 4.39 Å². The molecule has 0 radical (unpaired) electrons. The predicted octanol–water partition coefficient (Wildman–Crippen LogP) is 5.77. The number of aliphatic carboxylic acids is 1. The van der Waals surface area contributed by atoms with Crippen LogP contribution in [0.1, 0.15) is 61.4 Å². The molecule has 1 aromatic heterocycles. The Bertz CT molecular complexity index is 1270. The van der Waals surface area contributed by atoms with E-state index >= 15 is 0 Å². The van der Waals surface area contributed by atoms with Crippen molar-refractivity contribution < 1.29 is 24.5 Å². The highest BCUT2D eigenvalue weighted by atomic mass is 19.1. The minimum Gasteiger partial charge on any atom is -0.481 e. The number of benzene rings is 2. The van der Waals surface area contributed by atoms with Gasteiger partial charge in [0.1, 0.15) is 5.82 Å². The number of aromatic nitrogens is 1. The average molecular weight is 490 g/mol. The monoisotopic (exact) mass is 489 g/mol. The van der Waals surface area contributed by atoms with E-state index in [9.17, 15) is 19.4 Å². The summed E-state index contributed by atoms with van der Waals surface area (Å²) in [7, 11) is 0. The highest BCUT2D eigenvalue weighted by Crippen LogP contribution is 2.42. The molecule has 0 bridgehead atoms. The minimum atomic E-state index is -1.15. The molecule has 3 N–H and O–H groups in total. The molecule has 4 rings (SSSR count). The lowest BCUT2D eigenvalue weighted by Gasteiger charge is -2.22. The molecule has 1 aliphatic rings. The van der Waals surface area contributed by atoms with Crippen LogP contribution in [0.25, 0.3) is 28.5 Å². The summed E-state index contributed by atoms with van der Waals surface area (Å²) in [5.74, 6) is -1.36. The van der Waals surface area contributed by atoms with Gasteiger partial charge >= 0.3 is 5.97 Å². The molecular formula is C30H32FNO4. The molecule has 2 aromatic carbocycles. The lowest BCUT2D eigenvalue weighted by molar-refractivity contribution is -0.139. The van der Waals surface area contributed by atoms with Crippen molar-refractivity contribution in [2.45, 2.75) is 64.1 Å². The topological polar surface area (TPSA) is 90.7 Å². The Kier molecular flexibility index (Phi) is 7.97. The molecule has 36 heavy (non-hydrogen) atoms. The average Bonchev–Trinajstić information content (AvgIpc) is 3.01. The lowest BCUT2D eigenvalue weighted by atomic mass is 9.86. The normalized spacial score (nSPS) is 14.8. The number of hydrogen-bond acceptors (Lipinski definition) is 4. The molecule has 6 heteroatoms. The van der Waals surface area contributed by atoms with Gasteiger partial charge in [-0.15, -0.1) is 0 Å². The van der Waals surface area contributed by atoms with Gasteiger partial charge in [0.25, 0.3) is 0 Å². The second-order valence-corrected chi connectivity index (χ2v) is 9.70. The smallest absolute Gasteiger partial charge is 0.305 e. The zero-order valence-electron chi connectivity index (χ0n) is 20.6. The third-order valence-electron chi connectivity index (χ3n) is 6.60. The maximum Gasteiger partial charge on any atom is 0.305 e. The van der Waals surface area contributed by atoms with E-state index in [1.54, 1.807) is 18.2 Å². The number of aliphatic hydroxyl groups excluding tert-OH is 2. The van der Waals surface area contributed by atoms with Gasteiger partial charge in [-0.05, 0) is 59.6 Å². The summed E-state index contributed by atoms with van der Waals surface area (Å²) in [4.78, 5) is 16.0. The molecule has 5 nitrogen and oxygen atoms in total. The van der Waals surface area contributed by atoms with Gasteiger partial charge in [0.15, 0.2) is 0 Å². The number of hydrogen-bond donors (Lipinski definition) is 3. The van der Waals surface area contributed by atoms with Crippen LogP contribution in [0, 0.1) is 5.82 Å². The van der Waals surface area contributed by atoms with Gasteiger partial charge < -0.3 is 15.3 Å². The first kappa shape index (κ1) is 25.7. The van der Waals surface area contributed by atoms with Gasteiger partial charge in [0, 0.05) is 17.5 Å². The molecule has 3 aromatic rings. The van der Waals surface area contributed by atoms with Crippen molar-refractivity contribution in [2.24, 2.45) is 0 Å². The lowest BCUT2D eigenvalue weighted by Crippen LogP contribution is -2.19. The van der Waals surface area contributed by atoms with Crippen LogP contribution in [-0.4, -0.2) is 38.5 Å². The third kappa shape index (κ3) is 5.72. The van der Waals surface area contributed by atoms with Crippen LogP contribution >= 0.6 is 0 Å². The number of pyridine rings is 1. The van der Waals surface area contributed by atoms with Crippen molar-refractivity contribution >= 4 is 12.0 Å². The Balaban J connectivity index is 1.90. The number of halogens is 1. The molecule has 0 saturated heterocycles. The third-order valence-corrected chi connectivity index (χ3v) is 6.60. The summed E-state index contributed by atoms with van der Waals surface area (Å²) >= 11 is 0. The molecule has 0 spiro atoms. The van der Waals surface area contributed by atoms with Crippen LogP contribution in [0.15, 0.2) is 54.6 Å². The highest BCUT2D eigenvalue weighted by molar-refractivity contribution is 5.85. The molecule has 0 amide bonds. The van der Waals surface area contributed by atoms with Crippen molar-refractivity contribution in [3.05, 3.63) is 82.8 Å². The summed E-state index contributed by atoms with van der Waals surface area (Å²) in [6.07, 6.45) is 3.41. The predicted molar refractivity (Wildman–Crippen MR) is 139 cm³/mol. The molecule has 0 aliphatic heterocycles. The molecule has 2 atom stereocenters. The van der Waals surface area contributed by atoms with E-state index in [1.807, 2.05) is 18.2 Å². The van der Waals surface area contributed by atoms with Crippen LogP contribution in [-0.2, 0) is 17.6 Å². The first-order valence-electron chi connectivity index (χ1n) is 12.4. The van der Waals surface area contributed by atoms with Gasteiger partial charge in [-0.2, -0.15) is 0 Å². The molecule has 188 valence electrons. The van der Waals surface area contributed by atoms with Crippen molar-refractivity contribution in [1.29, 1.82) is 0 Å². The molecule has 1 heterocycles. The van der Waals surface area contributed by atoms with Gasteiger partial charge in [0.05, 0.1) is 30.0 Å². The van der Waals surface area contributed by atoms with Crippen molar-refractivity contribution in [1.82, 2.24) is 4.98 Å². The van der Waals surface area contributed by atoms with E-state index in [0.717, 1.165) is 58.5 Å². The fourth-order valence-electron chi connectivity index (χ4n) is 4.95. The standard InChI is InChI=1S/C30H32FNO4/c1-18(2)29-26(15-14-22(33)16-23(34)17-27(35)36)28(20-10-12-21(31)13-11-20)25-9-5-7-19-6-3-4-8-24(19)30(25)32-29/h3-4,6,8,10-15,18,22-23,33-34H,5,7,9,16-17H2,1-2H3,(H,35,36)/t22-,23-/m1/s1. The van der Waals surface area contributed by atoms with Gasteiger partial charge in [-0.25, -0.2) is 4.39 Å². The van der Waals surface area contributed by atoms with E-state index in [2.05, 4.69) is 26.0 Å². The number of rotatable bonds is 8. The first-order chi connectivity index (χ1) is 17.2. The highest BCUT2D eigenvalue weighted by Gasteiger charge is 2.25. The quantitative estimate of drug-likeness (QED) is 0.374. The molecular weight excluding hydrogens is 457 g/mol. The van der Waals surface area contributed by atoms with Crippen molar-refractivity contribution in [3.63, 3.8) is 0 Å². The number of fused-ring (bicyclic) bond motifs is 3. The number of carboxylic acids is 1. The Morgan fingerprint density at radius 1 is 1.08 bits per heavy atom. The maximum atomic E-state index is 13.9. The second-order valence-electron chi connectivity index (χ2n) is 9.70. The summed E-state index contributed by atoms with van der Waals surface area (Å²) < 4.78 is 13.9. The maximum absolute atomic E-state index is 13.9. The second kappa shape index (κ2) is 11.1. The SMILES string of the molecule is CC(C)c1nc2c(c(-c3ccc(F)cc3)c1C=C[C@@H](O)C[C@@H](O)CC(=O)O)CCCc1ccccc1-2. The number of nitrogens with zero attached hydrogens (tertiary/aromatic N) is 1. The van der Waals surface area contributed by atoms with Crippen LogP contribution < -0.4 is 0 Å². The zero-order chi connectivity index (χ0) is 25.8. The Morgan fingerprint density at radius 2 is 1.81 bits per heavy atom. The van der Waals surface area contributed by atoms with Gasteiger partial charge in [-0.3, -0.25) is 9.78 Å². The fourth-order valence-corrected chi connectivity index (χ4v) is 4.95. The molecule has 0 fully saturated rings. The number of carboxylic acid groups (broad SMARTS) is 1.